The monoisotopic (exact) mass is 351 g/mol. The summed E-state index contributed by atoms with van der Waals surface area (Å²) < 4.78 is 33.9. The zero-order valence-corrected chi connectivity index (χ0v) is 15.5. The van der Waals surface area contributed by atoms with Crippen molar-refractivity contribution in [3.63, 3.8) is 0 Å². The van der Waals surface area contributed by atoms with Gasteiger partial charge < -0.3 is 4.74 Å². The van der Waals surface area contributed by atoms with Gasteiger partial charge in [0, 0.05) is 26.6 Å². The Bertz CT molecular complexity index is 770. The minimum Gasteiger partial charge on any atom is -0.494 e. The number of nitrogens with zero attached hydrogens (tertiary/aromatic N) is 3. The van der Waals surface area contributed by atoms with Crippen LogP contribution in [0.2, 0.25) is 0 Å². The number of hydrogen-bond acceptors (Lipinski definition) is 4. The summed E-state index contributed by atoms with van der Waals surface area (Å²) in [6, 6.07) is 9.62. The maximum absolute atomic E-state index is 12.6. The van der Waals surface area contributed by atoms with Crippen LogP contribution < -0.4 is 4.74 Å². The van der Waals surface area contributed by atoms with E-state index in [9.17, 15) is 8.42 Å². The van der Waals surface area contributed by atoms with Crippen LogP contribution in [0.25, 0.3) is 0 Å². The highest BCUT2D eigenvalue weighted by atomic mass is 32.2. The Labute approximate surface area is 144 Å². The zero-order valence-electron chi connectivity index (χ0n) is 14.7. The first-order valence-corrected chi connectivity index (χ1v) is 9.50. The van der Waals surface area contributed by atoms with E-state index < -0.39 is 10.0 Å². The molecule has 2 aromatic rings. The first-order chi connectivity index (χ1) is 11.4. The summed E-state index contributed by atoms with van der Waals surface area (Å²) in [6.07, 6.45) is 0.750. The van der Waals surface area contributed by atoms with Gasteiger partial charge in [-0.25, -0.2) is 12.7 Å². The molecule has 0 aliphatic rings. The molecule has 7 heteroatoms. The van der Waals surface area contributed by atoms with Gasteiger partial charge in [0.05, 0.1) is 18.0 Å². The highest BCUT2D eigenvalue weighted by Crippen LogP contribution is 2.22. The van der Waals surface area contributed by atoms with Crippen LogP contribution in [0.4, 0.5) is 0 Å². The Morgan fingerprint density at radius 2 is 1.88 bits per heavy atom. The normalized spacial score (nSPS) is 11.9. The van der Waals surface area contributed by atoms with Gasteiger partial charge in [0.2, 0.25) is 10.0 Å². The molecule has 0 N–H and O–H groups in total. The Hall–Kier alpha value is -1.86. The number of hydrogen-bond donors (Lipinski definition) is 0. The molecule has 1 heterocycles. The average Bonchev–Trinajstić information content (AvgIpc) is 2.86. The molecule has 132 valence electrons. The zero-order chi connectivity index (χ0) is 17.7. The molecule has 0 spiro atoms. The maximum atomic E-state index is 12.6. The van der Waals surface area contributed by atoms with Crippen molar-refractivity contribution < 1.29 is 13.2 Å². The van der Waals surface area contributed by atoms with Crippen molar-refractivity contribution in [2.45, 2.75) is 38.6 Å². The molecule has 0 saturated carbocycles. The fourth-order valence-corrected chi connectivity index (χ4v) is 4.06. The van der Waals surface area contributed by atoms with E-state index in [2.05, 4.69) is 5.10 Å². The van der Waals surface area contributed by atoms with E-state index in [-0.39, 0.29) is 0 Å². The third-order valence-electron chi connectivity index (χ3n) is 3.95. The van der Waals surface area contributed by atoms with Crippen LogP contribution in [0, 0.1) is 13.8 Å². The predicted molar refractivity (Wildman–Crippen MR) is 93.7 cm³/mol. The second-order valence-corrected chi connectivity index (χ2v) is 7.64. The number of para-hydroxylation sites is 1. The van der Waals surface area contributed by atoms with Crippen molar-refractivity contribution in [1.29, 1.82) is 0 Å². The molecule has 0 saturated heterocycles. The lowest BCUT2D eigenvalue weighted by Gasteiger charge is -2.15. The Morgan fingerprint density at radius 1 is 1.21 bits per heavy atom. The molecule has 6 nitrogen and oxygen atoms in total. The van der Waals surface area contributed by atoms with Crippen molar-refractivity contribution in [1.82, 2.24) is 14.1 Å². The second kappa shape index (κ2) is 7.81. The van der Waals surface area contributed by atoms with Crippen molar-refractivity contribution in [2.75, 3.05) is 20.2 Å². The van der Waals surface area contributed by atoms with Gasteiger partial charge in [0.1, 0.15) is 10.6 Å². The van der Waals surface area contributed by atoms with E-state index in [1.165, 1.54) is 4.31 Å². The van der Waals surface area contributed by atoms with E-state index in [1.807, 2.05) is 37.3 Å². The molecule has 0 atom stereocenters. The van der Waals surface area contributed by atoms with E-state index in [0.29, 0.717) is 36.0 Å². The lowest BCUT2D eigenvalue weighted by atomic mass is 10.3. The predicted octanol–water partition coefficient (Wildman–Crippen LogP) is 2.61. The van der Waals surface area contributed by atoms with E-state index in [1.54, 1.807) is 25.6 Å². The van der Waals surface area contributed by atoms with Crippen molar-refractivity contribution >= 4 is 10.0 Å². The third kappa shape index (κ3) is 3.96. The Morgan fingerprint density at radius 3 is 2.50 bits per heavy atom. The average molecular weight is 351 g/mol. The van der Waals surface area contributed by atoms with E-state index in [0.717, 1.165) is 12.2 Å². The molecule has 24 heavy (non-hydrogen) atoms. The van der Waals surface area contributed by atoms with Gasteiger partial charge in [-0.3, -0.25) is 4.68 Å². The number of aryl methyl sites for hydroxylation is 2. The fraction of sp³-hybridized carbons (Fsp3) is 0.471. The van der Waals surface area contributed by atoms with Crippen molar-refractivity contribution in [3.8, 4) is 5.75 Å². The maximum Gasteiger partial charge on any atom is 0.246 e. The molecule has 0 aliphatic heterocycles. The van der Waals surface area contributed by atoms with Gasteiger partial charge in [0.25, 0.3) is 0 Å². The van der Waals surface area contributed by atoms with Crippen molar-refractivity contribution in [2.24, 2.45) is 0 Å². The van der Waals surface area contributed by atoms with Gasteiger partial charge in [-0.15, -0.1) is 0 Å². The molecule has 0 fully saturated rings. The molecule has 2 rings (SSSR count). The minimum absolute atomic E-state index is 0.316. The number of ether oxygens (including phenoxy) is 1. The van der Waals surface area contributed by atoms with Gasteiger partial charge in [-0.1, -0.05) is 25.1 Å². The first-order valence-electron chi connectivity index (χ1n) is 8.06. The highest BCUT2D eigenvalue weighted by Gasteiger charge is 2.27. The summed E-state index contributed by atoms with van der Waals surface area (Å²) in [4.78, 5) is 0.316. The fourth-order valence-electron chi connectivity index (χ4n) is 2.52. The SMILES string of the molecule is CCN(C)S(=O)(=O)c1c(C)nn(CCCOc2ccccc2)c1C. The number of aromatic nitrogens is 2. The quantitative estimate of drug-likeness (QED) is 0.686. The lowest BCUT2D eigenvalue weighted by Crippen LogP contribution is -2.27. The van der Waals surface area contributed by atoms with Crippen LogP contribution in [0.3, 0.4) is 0 Å². The Kier molecular flexibility index (Phi) is 6.01. The van der Waals surface area contributed by atoms with Gasteiger partial charge in [-0.05, 0) is 26.0 Å². The molecule has 0 bridgehead atoms. The molecule has 0 unspecified atom stereocenters. The largest absolute Gasteiger partial charge is 0.494 e. The topological polar surface area (TPSA) is 64.4 Å². The van der Waals surface area contributed by atoms with E-state index >= 15 is 0 Å². The van der Waals surface area contributed by atoms with Crippen LogP contribution in [-0.4, -0.2) is 42.7 Å². The van der Waals surface area contributed by atoms with Crippen LogP contribution in [-0.2, 0) is 16.6 Å². The molecular formula is C17H25N3O3S. The molecule has 0 aliphatic carbocycles. The standard InChI is InChI=1S/C17H25N3O3S/c1-5-19(4)24(21,22)17-14(2)18-20(15(17)3)12-9-13-23-16-10-7-6-8-11-16/h6-8,10-11H,5,9,12-13H2,1-4H3. The summed E-state index contributed by atoms with van der Waals surface area (Å²) in [5.41, 5.74) is 1.21. The van der Waals surface area contributed by atoms with Gasteiger partial charge in [0.15, 0.2) is 0 Å². The van der Waals surface area contributed by atoms with Crippen LogP contribution in [0.15, 0.2) is 35.2 Å². The van der Waals surface area contributed by atoms with Crippen LogP contribution >= 0.6 is 0 Å². The van der Waals surface area contributed by atoms with Gasteiger partial charge in [-0.2, -0.15) is 5.10 Å². The highest BCUT2D eigenvalue weighted by molar-refractivity contribution is 7.89. The molecule has 1 aromatic heterocycles. The lowest BCUT2D eigenvalue weighted by molar-refractivity contribution is 0.298. The first kappa shape index (κ1) is 18.5. The molecule has 0 radical (unpaired) electrons. The smallest absolute Gasteiger partial charge is 0.246 e. The summed E-state index contributed by atoms with van der Waals surface area (Å²) in [6.45, 7) is 6.95. The molecule has 1 aromatic carbocycles. The summed E-state index contributed by atoms with van der Waals surface area (Å²) in [7, 11) is -1.90. The van der Waals surface area contributed by atoms with Gasteiger partial charge >= 0.3 is 0 Å². The second-order valence-electron chi connectivity index (χ2n) is 5.66. The molecular weight excluding hydrogens is 326 g/mol. The number of sulfonamides is 1. The Balaban J connectivity index is 2.04. The molecule has 0 amide bonds. The summed E-state index contributed by atoms with van der Waals surface area (Å²) in [5, 5.41) is 4.39. The van der Waals surface area contributed by atoms with Crippen LogP contribution in [0.5, 0.6) is 5.75 Å². The van der Waals surface area contributed by atoms with E-state index in [4.69, 9.17) is 4.74 Å². The van der Waals surface area contributed by atoms with Crippen LogP contribution in [0.1, 0.15) is 24.7 Å². The number of rotatable bonds is 8. The minimum atomic E-state index is -3.48. The van der Waals surface area contributed by atoms with Crippen molar-refractivity contribution in [3.05, 3.63) is 41.7 Å². The summed E-state index contributed by atoms with van der Waals surface area (Å²) in [5.74, 6) is 0.832. The number of benzene rings is 1. The third-order valence-corrected chi connectivity index (χ3v) is 6.14. The summed E-state index contributed by atoms with van der Waals surface area (Å²) >= 11 is 0.